The Morgan fingerprint density at radius 1 is 1.11 bits per heavy atom. The number of benzene rings is 2. The van der Waals surface area contributed by atoms with Crippen molar-refractivity contribution >= 4 is 11.6 Å². The lowest BCUT2D eigenvalue weighted by Gasteiger charge is -2.26. The van der Waals surface area contributed by atoms with Crippen LogP contribution in [0.5, 0.6) is 0 Å². The van der Waals surface area contributed by atoms with Gasteiger partial charge in [0.25, 0.3) is 0 Å². The Labute approximate surface area is 116 Å². The van der Waals surface area contributed by atoms with Gasteiger partial charge in [0.05, 0.1) is 0 Å². The summed E-state index contributed by atoms with van der Waals surface area (Å²) in [6, 6.07) is 10.5. The Bertz CT molecular complexity index is 596. The second kappa shape index (κ2) is 5.27. The van der Waals surface area contributed by atoms with Gasteiger partial charge in [-0.25, -0.2) is 8.78 Å². The van der Waals surface area contributed by atoms with Crippen molar-refractivity contribution < 1.29 is 8.78 Å². The topological polar surface area (TPSA) is 26.0 Å². The molecule has 0 fully saturated rings. The molecule has 0 bridgehead atoms. The molecule has 0 spiro atoms. The molecule has 1 nitrogen and oxygen atoms in total. The molecule has 0 aliphatic rings. The molecular formula is C15H14ClF2N. The molecule has 2 N–H and O–H groups in total. The quantitative estimate of drug-likeness (QED) is 0.903. The predicted octanol–water partition coefficient (Wildman–Crippen LogP) is 4.03. The third-order valence-electron chi connectivity index (χ3n) is 3.05. The maximum atomic E-state index is 13.8. The third-order valence-corrected chi connectivity index (χ3v) is 3.29. The number of rotatable bonds is 3. The van der Waals surface area contributed by atoms with E-state index in [0.717, 1.165) is 0 Å². The lowest BCUT2D eigenvalue weighted by atomic mass is 9.86. The van der Waals surface area contributed by atoms with Gasteiger partial charge in [0.1, 0.15) is 11.6 Å². The number of hydrogen-bond acceptors (Lipinski definition) is 1. The van der Waals surface area contributed by atoms with Gasteiger partial charge in [-0.15, -0.1) is 0 Å². The monoisotopic (exact) mass is 281 g/mol. The van der Waals surface area contributed by atoms with E-state index in [1.54, 1.807) is 25.1 Å². The van der Waals surface area contributed by atoms with Crippen molar-refractivity contribution in [1.82, 2.24) is 0 Å². The van der Waals surface area contributed by atoms with Crippen LogP contribution in [0, 0.1) is 11.6 Å². The Morgan fingerprint density at radius 2 is 1.79 bits per heavy atom. The van der Waals surface area contributed by atoms with E-state index in [0.29, 0.717) is 16.1 Å². The van der Waals surface area contributed by atoms with Crippen molar-refractivity contribution in [3.8, 4) is 0 Å². The summed E-state index contributed by atoms with van der Waals surface area (Å²) in [6.07, 6.45) is 0.167. The van der Waals surface area contributed by atoms with Gasteiger partial charge in [0, 0.05) is 16.1 Å². The average Bonchev–Trinajstić information content (AvgIpc) is 2.34. The van der Waals surface area contributed by atoms with Gasteiger partial charge in [-0.2, -0.15) is 0 Å². The van der Waals surface area contributed by atoms with Crippen LogP contribution in [0.1, 0.15) is 18.1 Å². The van der Waals surface area contributed by atoms with Crippen molar-refractivity contribution in [3.63, 3.8) is 0 Å². The van der Waals surface area contributed by atoms with Crippen LogP contribution in [0.4, 0.5) is 8.78 Å². The molecule has 1 unspecified atom stereocenters. The van der Waals surface area contributed by atoms with E-state index in [2.05, 4.69) is 0 Å². The highest BCUT2D eigenvalue weighted by atomic mass is 35.5. The van der Waals surface area contributed by atoms with Crippen LogP contribution in [-0.2, 0) is 12.0 Å². The molecule has 0 amide bonds. The Hall–Kier alpha value is -1.45. The van der Waals surface area contributed by atoms with Crippen molar-refractivity contribution in [2.75, 3.05) is 0 Å². The van der Waals surface area contributed by atoms with E-state index in [1.807, 2.05) is 0 Å². The SMILES string of the molecule is CC(N)(Cc1cc(Cl)ccc1F)c1ccccc1F. The smallest absolute Gasteiger partial charge is 0.128 e. The van der Waals surface area contributed by atoms with Crippen LogP contribution >= 0.6 is 11.6 Å². The predicted molar refractivity (Wildman–Crippen MR) is 73.1 cm³/mol. The van der Waals surface area contributed by atoms with Crippen LogP contribution < -0.4 is 5.73 Å². The molecule has 0 aliphatic heterocycles. The van der Waals surface area contributed by atoms with Gasteiger partial charge in [-0.3, -0.25) is 0 Å². The number of halogens is 3. The Balaban J connectivity index is 2.36. The molecule has 2 aromatic rings. The average molecular weight is 282 g/mol. The van der Waals surface area contributed by atoms with Crippen LogP contribution in [0.3, 0.4) is 0 Å². The second-order valence-corrected chi connectivity index (χ2v) is 5.25. The fraction of sp³-hybridized carbons (Fsp3) is 0.200. The Kier molecular flexibility index (Phi) is 3.88. The largest absolute Gasteiger partial charge is 0.321 e. The van der Waals surface area contributed by atoms with E-state index in [1.165, 1.54) is 24.3 Å². The Morgan fingerprint density at radius 3 is 2.47 bits per heavy atom. The summed E-state index contributed by atoms with van der Waals surface area (Å²) in [5, 5.41) is 0.431. The zero-order valence-electron chi connectivity index (χ0n) is 10.5. The van der Waals surface area contributed by atoms with Crippen molar-refractivity contribution in [1.29, 1.82) is 0 Å². The van der Waals surface area contributed by atoms with E-state index >= 15 is 0 Å². The molecule has 19 heavy (non-hydrogen) atoms. The molecular weight excluding hydrogens is 268 g/mol. The van der Waals surface area contributed by atoms with Gasteiger partial charge >= 0.3 is 0 Å². The first kappa shape index (κ1) is 14.0. The van der Waals surface area contributed by atoms with E-state index in [9.17, 15) is 8.78 Å². The minimum atomic E-state index is -1.00. The molecule has 0 heterocycles. The normalized spacial score (nSPS) is 14.2. The second-order valence-electron chi connectivity index (χ2n) is 4.81. The van der Waals surface area contributed by atoms with Crippen LogP contribution in [0.25, 0.3) is 0 Å². The summed E-state index contributed by atoms with van der Waals surface area (Å²) in [7, 11) is 0. The standard InChI is InChI=1S/C15H14ClF2N/c1-15(19,12-4-2-3-5-14(12)18)9-10-8-11(16)6-7-13(10)17/h2-8H,9,19H2,1H3. The highest BCUT2D eigenvalue weighted by molar-refractivity contribution is 6.30. The first-order valence-corrected chi connectivity index (χ1v) is 6.26. The molecule has 100 valence electrons. The van der Waals surface area contributed by atoms with Crippen molar-refractivity contribution in [2.24, 2.45) is 5.73 Å². The maximum Gasteiger partial charge on any atom is 0.128 e. The lowest BCUT2D eigenvalue weighted by Crippen LogP contribution is -2.36. The highest BCUT2D eigenvalue weighted by Crippen LogP contribution is 2.27. The fourth-order valence-electron chi connectivity index (χ4n) is 2.09. The summed E-state index contributed by atoms with van der Waals surface area (Å²) >= 11 is 5.84. The minimum Gasteiger partial charge on any atom is -0.321 e. The zero-order valence-corrected chi connectivity index (χ0v) is 11.2. The van der Waals surface area contributed by atoms with Gasteiger partial charge in [-0.1, -0.05) is 29.8 Å². The molecule has 0 aromatic heterocycles. The van der Waals surface area contributed by atoms with Crippen LogP contribution in [0.2, 0.25) is 5.02 Å². The number of hydrogen-bond donors (Lipinski definition) is 1. The van der Waals surface area contributed by atoms with Gasteiger partial charge in [0.15, 0.2) is 0 Å². The number of nitrogens with two attached hydrogens (primary N) is 1. The molecule has 0 saturated carbocycles. The van der Waals surface area contributed by atoms with E-state index in [4.69, 9.17) is 17.3 Å². The van der Waals surface area contributed by atoms with Gasteiger partial charge < -0.3 is 5.73 Å². The first-order chi connectivity index (χ1) is 8.90. The summed E-state index contributed by atoms with van der Waals surface area (Å²) < 4.78 is 27.5. The van der Waals surface area contributed by atoms with E-state index < -0.39 is 17.2 Å². The maximum absolute atomic E-state index is 13.8. The minimum absolute atomic E-state index is 0.167. The molecule has 2 aromatic carbocycles. The summed E-state index contributed by atoms with van der Waals surface area (Å²) in [5.41, 5.74) is 5.87. The summed E-state index contributed by atoms with van der Waals surface area (Å²) in [5.74, 6) is -0.785. The third kappa shape index (κ3) is 3.11. The van der Waals surface area contributed by atoms with Crippen LogP contribution in [0.15, 0.2) is 42.5 Å². The molecule has 0 radical (unpaired) electrons. The van der Waals surface area contributed by atoms with Crippen molar-refractivity contribution in [2.45, 2.75) is 18.9 Å². The molecule has 4 heteroatoms. The van der Waals surface area contributed by atoms with Crippen LogP contribution in [-0.4, -0.2) is 0 Å². The highest BCUT2D eigenvalue weighted by Gasteiger charge is 2.26. The molecule has 0 saturated heterocycles. The molecule has 2 rings (SSSR count). The van der Waals surface area contributed by atoms with Gasteiger partial charge in [0.2, 0.25) is 0 Å². The van der Waals surface area contributed by atoms with Crippen molar-refractivity contribution in [3.05, 3.63) is 70.2 Å². The lowest BCUT2D eigenvalue weighted by molar-refractivity contribution is 0.447. The first-order valence-electron chi connectivity index (χ1n) is 5.88. The summed E-state index contributed by atoms with van der Waals surface area (Å²) in [6.45, 7) is 1.67. The summed E-state index contributed by atoms with van der Waals surface area (Å²) in [4.78, 5) is 0. The zero-order chi connectivity index (χ0) is 14.0. The molecule has 1 atom stereocenters. The fourth-order valence-corrected chi connectivity index (χ4v) is 2.29. The van der Waals surface area contributed by atoms with E-state index in [-0.39, 0.29) is 6.42 Å². The van der Waals surface area contributed by atoms with Gasteiger partial charge in [-0.05, 0) is 43.2 Å². The molecule has 0 aliphatic carbocycles.